The van der Waals surface area contributed by atoms with Crippen molar-refractivity contribution in [3.8, 4) is 0 Å². The summed E-state index contributed by atoms with van der Waals surface area (Å²) in [4.78, 5) is 27.3. The smallest absolute Gasteiger partial charge is 0.306 e. The first-order valence-corrected chi connectivity index (χ1v) is 10.1. The number of piperidine rings is 1. The molecule has 0 amide bonds. The minimum Gasteiger partial charge on any atom is -0.454 e. The van der Waals surface area contributed by atoms with E-state index >= 15 is 0 Å². The molecular weight excluding hydrogens is 346 g/mol. The highest BCUT2D eigenvalue weighted by molar-refractivity contribution is 7.12. The average Bonchev–Trinajstić information content (AvgIpc) is 3.23. The second-order valence-corrected chi connectivity index (χ2v) is 7.63. The Morgan fingerprint density at radius 1 is 1.12 bits per heavy atom. The normalized spacial score (nSPS) is 17.0. The molecule has 1 aliphatic rings. The summed E-state index contributed by atoms with van der Waals surface area (Å²) in [6.07, 6.45) is 2.44. The van der Waals surface area contributed by atoms with Gasteiger partial charge in [0.1, 0.15) is 5.60 Å². The van der Waals surface area contributed by atoms with E-state index in [0.29, 0.717) is 12.8 Å². The van der Waals surface area contributed by atoms with Crippen molar-refractivity contribution in [2.45, 2.75) is 38.2 Å². The van der Waals surface area contributed by atoms with Gasteiger partial charge in [0, 0.05) is 45.3 Å². The zero-order valence-electron chi connectivity index (χ0n) is 15.1. The topological polar surface area (TPSA) is 46.6 Å². The van der Waals surface area contributed by atoms with Crippen molar-refractivity contribution in [3.63, 3.8) is 0 Å². The van der Waals surface area contributed by atoms with E-state index in [4.69, 9.17) is 4.74 Å². The van der Waals surface area contributed by atoms with Crippen LogP contribution in [0, 0.1) is 0 Å². The minimum atomic E-state index is -0.539. The van der Waals surface area contributed by atoms with Gasteiger partial charge in [-0.05, 0) is 17.0 Å². The lowest BCUT2D eigenvalue weighted by atomic mass is 9.84. The van der Waals surface area contributed by atoms with Gasteiger partial charge in [0.15, 0.2) is 5.78 Å². The van der Waals surface area contributed by atoms with E-state index in [1.165, 1.54) is 11.3 Å². The molecule has 1 fully saturated rings. The second kappa shape index (κ2) is 8.60. The van der Waals surface area contributed by atoms with Crippen LogP contribution in [0.15, 0.2) is 47.8 Å². The monoisotopic (exact) mass is 371 g/mol. The molecule has 0 atom stereocenters. The molecule has 0 saturated carbocycles. The molecule has 26 heavy (non-hydrogen) atoms. The van der Waals surface area contributed by atoms with Crippen LogP contribution < -0.4 is 0 Å². The molecule has 1 aromatic heterocycles. The average molecular weight is 372 g/mol. The first-order valence-electron chi connectivity index (χ1n) is 9.19. The number of carbonyl (C=O) groups is 2. The summed E-state index contributed by atoms with van der Waals surface area (Å²) in [5.41, 5.74) is 0.527. The van der Waals surface area contributed by atoms with Crippen LogP contribution in [-0.4, -0.2) is 36.3 Å². The van der Waals surface area contributed by atoms with Crippen LogP contribution in [0.5, 0.6) is 0 Å². The summed E-state index contributed by atoms with van der Waals surface area (Å²) in [5.74, 6) is 0.0486. The Bertz CT molecular complexity index is 719. The molecule has 138 valence electrons. The molecule has 3 rings (SSSR count). The summed E-state index contributed by atoms with van der Waals surface area (Å²) in [6.45, 7) is 4.23. The number of ketones is 1. The van der Waals surface area contributed by atoms with Gasteiger partial charge in [-0.2, -0.15) is 0 Å². The van der Waals surface area contributed by atoms with Crippen LogP contribution in [0.1, 0.15) is 47.8 Å². The fourth-order valence-corrected chi connectivity index (χ4v) is 4.13. The van der Waals surface area contributed by atoms with E-state index in [0.717, 1.165) is 42.9 Å². The quantitative estimate of drug-likeness (QED) is 0.539. The van der Waals surface area contributed by atoms with Gasteiger partial charge in [0.05, 0.1) is 4.88 Å². The molecule has 1 saturated heterocycles. The Morgan fingerprint density at radius 3 is 2.46 bits per heavy atom. The SMILES string of the molecule is CCC(=O)OC1(c2ccccc2)CCN(CCC(=O)c2cccs2)CC1. The van der Waals surface area contributed by atoms with Crippen LogP contribution in [0.2, 0.25) is 0 Å². The van der Waals surface area contributed by atoms with Crippen LogP contribution in [0.25, 0.3) is 0 Å². The third-order valence-corrected chi connectivity index (χ3v) is 5.92. The molecule has 2 heterocycles. The number of carbonyl (C=O) groups excluding carboxylic acids is 2. The maximum atomic E-state index is 12.2. The highest BCUT2D eigenvalue weighted by Crippen LogP contribution is 2.37. The molecule has 0 N–H and O–H groups in total. The van der Waals surface area contributed by atoms with Crippen molar-refractivity contribution in [3.05, 3.63) is 58.3 Å². The van der Waals surface area contributed by atoms with E-state index in [2.05, 4.69) is 4.90 Å². The number of ether oxygens (including phenoxy) is 1. The molecule has 0 bridgehead atoms. The molecule has 1 aliphatic heterocycles. The number of likely N-dealkylation sites (tertiary alicyclic amines) is 1. The van der Waals surface area contributed by atoms with Crippen LogP contribution >= 0.6 is 11.3 Å². The Balaban J connectivity index is 1.61. The molecule has 4 nitrogen and oxygen atoms in total. The number of thiophene rings is 1. The molecule has 0 radical (unpaired) electrons. The van der Waals surface area contributed by atoms with E-state index in [-0.39, 0.29) is 11.8 Å². The first kappa shape index (κ1) is 18.8. The number of rotatable bonds is 7. The van der Waals surface area contributed by atoms with E-state index in [9.17, 15) is 9.59 Å². The van der Waals surface area contributed by atoms with Crippen LogP contribution in [0.3, 0.4) is 0 Å². The van der Waals surface area contributed by atoms with E-state index in [1.54, 1.807) is 0 Å². The number of hydrogen-bond acceptors (Lipinski definition) is 5. The maximum absolute atomic E-state index is 12.2. The standard InChI is InChI=1S/C21H25NO3S/c1-2-20(24)25-21(17-7-4-3-5-8-17)11-14-22(15-12-21)13-10-18(23)19-9-6-16-26-19/h3-9,16H,2,10-15H2,1H3. The van der Waals surface area contributed by atoms with Crippen molar-refractivity contribution < 1.29 is 14.3 Å². The molecule has 0 unspecified atom stereocenters. The minimum absolute atomic E-state index is 0.157. The van der Waals surface area contributed by atoms with Gasteiger partial charge in [0.25, 0.3) is 0 Å². The number of esters is 1. The lowest BCUT2D eigenvalue weighted by Gasteiger charge is -2.41. The Labute approximate surface area is 158 Å². The van der Waals surface area contributed by atoms with Gasteiger partial charge >= 0.3 is 5.97 Å². The Morgan fingerprint density at radius 2 is 1.85 bits per heavy atom. The largest absolute Gasteiger partial charge is 0.454 e. The number of benzene rings is 1. The van der Waals surface area contributed by atoms with Gasteiger partial charge in [-0.25, -0.2) is 0 Å². The van der Waals surface area contributed by atoms with Gasteiger partial charge in [0.2, 0.25) is 0 Å². The fourth-order valence-electron chi connectivity index (χ4n) is 3.44. The Hall–Kier alpha value is -1.98. The summed E-state index contributed by atoms with van der Waals surface area (Å²) in [6, 6.07) is 13.8. The second-order valence-electron chi connectivity index (χ2n) is 6.68. The zero-order chi connectivity index (χ0) is 18.4. The third kappa shape index (κ3) is 4.40. The van der Waals surface area contributed by atoms with E-state index < -0.39 is 5.60 Å². The summed E-state index contributed by atoms with van der Waals surface area (Å²) in [5, 5.41) is 1.93. The van der Waals surface area contributed by atoms with Crippen molar-refractivity contribution in [1.29, 1.82) is 0 Å². The molecular formula is C21H25NO3S. The van der Waals surface area contributed by atoms with E-state index in [1.807, 2.05) is 54.8 Å². The van der Waals surface area contributed by atoms with Gasteiger partial charge in [-0.1, -0.05) is 43.3 Å². The summed E-state index contributed by atoms with van der Waals surface area (Å²) >= 11 is 1.50. The van der Waals surface area contributed by atoms with Crippen molar-refractivity contribution in [2.24, 2.45) is 0 Å². The van der Waals surface area contributed by atoms with Crippen LogP contribution in [0.4, 0.5) is 0 Å². The van der Waals surface area contributed by atoms with Crippen molar-refractivity contribution >= 4 is 23.1 Å². The van der Waals surface area contributed by atoms with Crippen LogP contribution in [-0.2, 0) is 15.1 Å². The molecule has 0 spiro atoms. The zero-order valence-corrected chi connectivity index (χ0v) is 16.0. The predicted octanol–water partition coefficient (Wildman–Crippen LogP) is 4.27. The lowest BCUT2D eigenvalue weighted by Crippen LogP contribution is -2.45. The maximum Gasteiger partial charge on any atom is 0.306 e. The number of Topliss-reactive ketones (excluding diaryl/α,β-unsaturated/α-hetero) is 1. The lowest BCUT2D eigenvalue weighted by molar-refractivity contribution is -0.166. The van der Waals surface area contributed by atoms with Gasteiger partial charge in [-0.15, -0.1) is 11.3 Å². The summed E-state index contributed by atoms with van der Waals surface area (Å²) in [7, 11) is 0. The number of nitrogens with zero attached hydrogens (tertiary/aromatic N) is 1. The van der Waals surface area contributed by atoms with Crippen molar-refractivity contribution in [1.82, 2.24) is 4.90 Å². The van der Waals surface area contributed by atoms with Gasteiger partial charge in [-0.3, -0.25) is 9.59 Å². The van der Waals surface area contributed by atoms with Crippen molar-refractivity contribution in [2.75, 3.05) is 19.6 Å². The Kier molecular flexibility index (Phi) is 6.22. The molecule has 2 aromatic rings. The van der Waals surface area contributed by atoms with Gasteiger partial charge < -0.3 is 9.64 Å². The summed E-state index contributed by atoms with van der Waals surface area (Å²) < 4.78 is 5.92. The highest BCUT2D eigenvalue weighted by Gasteiger charge is 2.39. The first-order chi connectivity index (χ1) is 12.6. The molecule has 5 heteroatoms. The third-order valence-electron chi connectivity index (χ3n) is 5.01. The molecule has 0 aliphatic carbocycles. The predicted molar refractivity (Wildman–Crippen MR) is 103 cm³/mol. The fraction of sp³-hybridized carbons (Fsp3) is 0.429. The highest BCUT2D eigenvalue weighted by atomic mass is 32.1. The number of hydrogen-bond donors (Lipinski definition) is 0. The molecule has 1 aromatic carbocycles.